The van der Waals surface area contributed by atoms with Gasteiger partial charge in [-0.05, 0) is 62.5 Å². The summed E-state index contributed by atoms with van der Waals surface area (Å²) < 4.78 is 42.2. The monoisotopic (exact) mass is 536 g/mol. The van der Waals surface area contributed by atoms with Crippen molar-refractivity contribution in [2.24, 2.45) is 0 Å². The van der Waals surface area contributed by atoms with Gasteiger partial charge in [0.25, 0.3) is 10.0 Å². The number of Topliss-reactive ketones (excluding diaryl/α,β-unsaturated/α-hetero) is 1. The van der Waals surface area contributed by atoms with Gasteiger partial charge < -0.3 is 14.0 Å². The SMILES string of the molecule is Cc1ccc(N(CC(=O)c2cc(C)n(Cc3cccs3)c2C)S(=O)(=O)c2ccc3c(c2)OCCO3)cc1. The molecule has 5 rings (SSSR count). The van der Waals surface area contributed by atoms with E-state index in [-0.39, 0.29) is 17.2 Å². The summed E-state index contributed by atoms with van der Waals surface area (Å²) >= 11 is 1.66. The van der Waals surface area contributed by atoms with Gasteiger partial charge in [-0.3, -0.25) is 9.10 Å². The minimum absolute atomic E-state index is 0.0355. The van der Waals surface area contributed by atoms with Gasteiger partial charge >= 0.3 is 0 Å². The van der Waals surface area contributed by atoms with E-state index in [9.17, 15) is 13.2 Å². The van der Waals surface area contributed by atoms with Crippen molar-refractivity contribution < 1.29 is 22.7 Å². The Morgan fingerprint density at radius 2 is 1.70 bits per heavy atom. The van der Waals surface area contributed by atoms with Crippen LogP contribution in [0.15, 0.2) is 70.9 Å². The van der Waals surface area contributed by atoms with Gasteiger partial charge in [0.05, 0.1) is 23.7 Å². The molecule has 0 radical (unpaired) electrons. The summed E-state index contributed by atoms with van der Waals surface area (Å²) in [4.78, 5) is 14.9. The maximum absolute atomic E-state index is 13.9. The summed E-state index contributed by atoms with van der Waals surface area (Å²) in [6.45, 7) is 6.88. The highest BCUT2D eigenvalue weighted by Gasteiger charge is 2.30. The summed E-state index contributed by atoms with van der Waals surface area (Å²) in [5.41, 5.74) is 3.69. The summed E-state index contributed by atoms with van der Waals surface area (Å²) in [5.74, 6) is 0.605. The van der Waals surface area contributed by atoms with Crippen LogP contribution in [0, 0.1) is 20.8 Å². The molecule has 0 N–H and O–H groups in total. The molecule has 3 heterocycles. The highest BCUT2D eigenvalue weighted by molar-refractivity contribution is 7.92. The van der Waals surface area contributed by atoms with Crippen LogP contribution in [0.1, 0.15) is 32.2 Å². The third-order valence-corrected chi connectivity index (χ3v) is 9.11. The molecular weight excluding hydrogens is 508 g/mol. The fourth-order valence-corrected chi connectivity index (χ4v) is 6.57. The van der Waals surface area contributed by atoms with Gasteiger partial charge in [0, 0.05) is 27.9 Å². The Labute approximate surface area is 220 Å². The number of carbonyl (C=O) groups excluding carboxylic acids is 1. The lowest BCUT2D eigenvalue weighted by molar-refractivity contribution is 0.100. The second kappa shape index (κ2) is 10.1. The average molecular weight is 537 g/mol. The van der Waals surface area contributed by atoms with Crippen molar-refractivity contribution in [2.75, 3.05) is 24.1 Å². The van der Waals surface area contributed by atoms with Gasteiger partial charge in [0.15, 0.2) is 17.3 Å². The number of nitrogens with zero attached hydrogens (tertiary/aromatic N) is 2. The lowest BCUT2D eigenvalue weighted by Crippen LogP contribution is -2.36. The number of aromatic nitrogens is 1. The van der Waals surface area contributed by atoms with E-state index < -0.39 is 10.0 Å². The zero-order valence-corrected chi connectivity index (χ0v) is 22.6. The Hall–Kier alpha value is -3.56. The van der Waals surface area contributed by atoms with E-state index in [1.165, 1.54) is 21.3 Å². The van der Waals surface area contributed by atoms with Gasteiger partial charge in [-0.1, -0.05) is 23.8 Å². The first-order chi connectivity index (χ1) is 17.7. The molecule has 0 aliphatic carbocycles. The van der Waals surface area contributed by atoms with Crippen LogP contribution in [-0.2, 0) is 16.6 Å². The normalized spacial score (nSPS) is 12.9. The quantitative estimate of drug-likeness (QED) is 0.283. The Bertz CT molecular complexity index is 1540. The van der Waals surface area contributed by atoms with E-state index in [0.29, 0.717) is 42.5 Å². The number of aryl methyl sites for hydroxylation is 2. The van der Waals surface area contributed by atoms with Crippen LogP contribution in [0.3, 0.4) is 0 Å². The van der Waals surface area contributed by atoms with Crippen LogP contribution in [0.5, 0.6) is 11.5 Å². The van der Waals surface area contributed by atoms with Gasteiger partial charge in [-0.15, -0.1) is 11.3 Å². The number of rotatable bonds is 8. The van der Waals surface area contributed by atoms with Crippen molar-refractivity contribution in [1.82, 2.24) is 4.57 Å². The van der Waals surface area contributed by atoms with Crippen molar-refractivity contribution in [1.29, 1.82) is 0 Å². The summed E-state index contributed by atoms with van der Waals surface area (Å²) in [7, 11) is -4.09. The molecule has 4 aromatic rings. The Morgan fingerprint density at radius 1 is 0.973 bits per heavy atom. The number of carbonyl (C=O) groups is 1. The zero-order valence-electron chi connectivity index (χ0n) is 20.9. The molecule has 1 aliphatic rings. The maximum Gasteiger partial charge on any atom is 0.264 e. The minimum Gasteiger partial charge on any atom is -0.486 e. The molecule has 0 atom stereocenters. The topological polar surface area (TPSA) is 77.8 Å². The third-order valence-electron chi connectivity index (χ3n) is 6.48. The van der Waals surface area contributed by atoms with E-state index in [1.54, 1.807) is 29.5 Å². The molecule has 9 heteroatoms. The first kappa shape index (κ1) is 25.1. The van der Waals surface area contributed by atoms with E-state index in [1.807, 2.05) is 50.4 Å². The van der Waals surface area contributed by atoms with Gasteiger partial charge in [-0.25, -0.2) is 8.42 Å². The van der Waals surface area contributed by atoms with Crippen molar-refractivity contribution in [3.63, 3.8) is 0 Å². The molecule has 2 aromatic carbocycles. The first-order valence-electron chi connectivity index (χ1n) is 12.0. The number of anilines is 1. The number of thiophene rings is 1. The number of hydrogen-bond acceptors (Lipinski definition) is 6. The number of ketones is 1. The lowest BCUT2D eigenvalue weighted by Gasteiger charge is -2.25. The zero-order chi connectivity index (χ0) is 26.2. The highest BCUT2D eigenvalue weighted by Crippen LogP contribution is 2.34. The Kier molecular flexibility index (Phi) is 6.83. The van der Waals surface area contributed by atoms with Crippen LogP contribution in [0.2, 0.25) is 0 Å². The second-order valence-corrected chi connectivity index (χ2v) is 11.9. The summed E-state index contributed by atoms with van der Waals surface area (Å²) in [6, 6.07) is 17.6. The van der Waals surface area contributed by atoms with Crippen LogP contribution in [0.25, 0.3) is 0 Å². The first-order valence-corrected chi connectivity index (χ1v) is 14.3. The highest BCUT2D eigenvalue weighted by atomic mass is 32.2. The minimum atomic E-state index is -4.09. The van der Waals surface area contributed by atoms with Gasteiger partial charge in [0.2, 0.25) is 0 Å². The standard InChI is InChI=1S/C28H28N2O5S2/c1-19-6-8-22(9-7-19)30(37(32,33)24-10-11-27-28(16-24)35-13-12-34-27)18-26(31)25-15-20(2)29(21(25)3)17-23-5-4-14-36-23/h4-11,14-16H,12-13,17-18H2,1-3H3. The smallest absolute Gasteiger partial charge is 0.264 e. The predicted octanol–water partition coefficient (Wildman–Crippen LogP) is 5.37. The number of hydrogen-bond donors (Lipinski definition) is 0. The second-order valence-electron chi connectivity index (χ2n) is 9.03. The average Bonchev–Trinajstić information content (AvgIpc) is 3.51. The van der Waals surface area contributed by atoms with Gasteiger partial charge in [-0.2, -0.15) is 0 Å². The fourth-order valence-electron chi connectivity index (χ4n) is 4.44. The molecule has 0 fully saturated rings. The number of sulfonamides is 1. The van der Waals surface area contributed by atoms with Crippen LogP contribution in [-0.4, -0.2) is 38.5 Å². The fraction of sp³-hybridized carbons (Fsp3) is 0.250. The third kappa shape index (κ3) is 5.01. The predicted molar refractivity (Wildman–Crippen MR) is 145 cm³/mol. The Balaban J connectivity index is 1.50. The molecule has 0 unspecified atom stereocenters. The van der Waals surface area contributed by atoms with Crippen LogP contribution >= 0.6 is 11.3 Å². The Morgan fingerprint density at radius 3 is 2.41 bits per heavy atom. The lowest BCUT2D eigenvalue weighted by atomic mass is 10.1. The molecule has 1 aliphatic heterocycles. The van der Waals surface area contributed by atoms with E-state index in [0.717, 1.165) is 17.0 Å². The van der Waals surface area contributed by atoms with E-state index >= 15 is 0 Å². The summed E-state index contributed by atoms with van der Waals surface area (Å²) in [6.07, 6.45) is 0. The van der Waals surface area contributed by atoms with Crippen molar-refractivity contribution in [3.8, 4) is 11.5 Å². The molecule has 37 heavy (non-hydrogen) atoms. The molecule has 0 saturated carbocycles. The molecule has 0 spiro atoms. The van der Waals surface area contributed by atoms with Crippen molar-refractivity contribution >= 4 is 32.8 Å². The molecule has 0 bridgehead atoms. The molecule has 192 valence electrons. The molecule has 0 saturated heterocycles. The number of ether oxygens (including phenoxy) is 2. The summed E-state index contributed by atoms with van der Waals surface area (Å²) in [5, 5.41) is 2.03. The van der Waals surface area contributed by atoms with Gasteiger partial charge in [0.1, 0.15) is 13.2 Å². The van der Waals surface area contributed by atoms with Crippen LogP contribution in [0.4, 0.5) is 5.69 Å². The number of fused-ring (bicyclic) bond motifs is 1. The molecule has 7 nitrogen and oxygen atoms in total. The largest absolute Gasteiger partial charge is 0.486 e. The molecule has 2 aromatic heterocycles. The number of benzene rings is 2. The molecular formula is C28H28N2O5S2. The van der Waals surface area contributed by atoms with Crippen LogP contribution < -0.4 is 13.8 Å². The van der Waals surface area contributed by atoms with E-state index in [4.69, 9.17) is 9.47 Å². The van der Waals surface area contributed by atoms with E-state index in [2.05, 4.69) is 10.6 Å². The maximum atomic E-state index is 13.9. The molecule has 0 amide bonds. The van der Waals surface area contributed by atoms with Crippen molar-refractivity contribution in [3.05, 3.63) is 93.4 Å². The van der Waals surface area contributed by atoms with Crippen molar-refractivity contribution in [2.45, 2.75) is 32.2 Å².